The highest BCUT2D eigenvalue weighted by atomic mass is 16.6. The highest BCUT2D eigenvalue weighted by Crippen LogP contribution is 2.16. The van der Waals surface area contributed by atoms with E-state index in [0.717, 1.165) is 96.3 Å². The van der Waals surface area contributed by atoms with Crippen LogP contribution in [0.3, 0.4) is 0 Å². The molecule has 0 aliphatic rings. The van der Waals surface area contributed by atoms with E-state index < -0.39 is 6.10 Å². The molecule has 0 aromatic rings. The molecule has 0 aliphatic heterocycles. The summed E-state index contributed by atoms with van der Waals surface area (Å²) in [6, 6.07) is 0. The number of allylic oxidation sites excluding steroid dienone is 8. The second kappa shape index (κ2) is 53.0. The molecule has 6 nitrogen and oxygen atoms in total. The summed E-state index contributed by atoms with van der Waals surface area (Å²) in [6.45, 7) is 6.54. The second-order valence-electron chi connectivity index (χ2n) is 18.5. The van der Waals surface area contributed by atoms with E-state index in [4.69, 9.17) is 14.2 Å². The van der Waals surface area contributed by atoms with E-state index in [1.54, 1.807) is 0 Å². The van der Waals surface area contributed by atoms with Crippen molar-refractivity contribution in [3.05, 3.63) is 48.6 Å². The summed E-state index contributed by atoms with van der Waals surface area (Å²) in [5, 5.41) is 0. The van der Waals surface area contributed by atoms with Crippen LogP contribution in [-0.2, 0) is 28.6 Å². The van der Waals surface area contributed by atoms with Crippen LogP contribution in [0.15, 0.2) is 48.6 Å². The van der Waals surface area contributed by atoms with Crippen LogP contribution in [0.4, 0.5) is 0 Å². The Morgan fingerprint density at radius 1 is 0.328 bits per heavy atom. The van der Waals surface area contributed by atoms with Crippen LogP contribution in [0.1, 0.15) is 284 Å². The summed E-state index contributed by atoms with van der Waals surface area (Å²) >= 11 is 0. The van der Waals surface area contributed by atoms with Gasteiger partial charge >= 0.3 is 17.9 Å². The fourth-order valence-corrected chi connectivity index (χ4v) is 7.96. The van der Waals surface area contributed by atoms with Gasteiger partial charge in [-0.2, -0.15) is 0 Å². The van der Waals surface area contributed by atoms with Crippen molar-refractivity contribution in [2.75, 3.05) is 13.2 Å². The predicted molar refractivity (Wildman–Crippen MR) is 275 cm³/mol. The van der Waals surface area contributed by atoms with Crippen LogP contribution in [0.25, 0.3) is 0 Å². The average Bonchev–Trinajstić information content (AvgIpc) is 3.29. The van der Waals surface area contributed by atoms with Crippen LogP contribution >= 0.6 is 0 Å². The van der Waals surface area contributed by atoms with E-state index in [0.29, 0.717) is 19.3 Å². The molecule has 0 aliphatic carbocycles. The van der Waals surface area contributed by atoms with Crippen molar-refractivity contribution >= 4 is 17.9 Å². The standard InChI is InChI=1S/C58H104O6/c1-4-7-10-13-16-19-22-25-28-29-31-33-36-39-42-45-48-51-57(60)63-54-55(53-62-56(59)50-47-44-41-38-35-32-27-24-21-18-15-12-9-6-3)64-58(61)52-49-46-43-40-37-34-30-26-23-20-17-14-11-8-5-2/h7,10,16,19,25,28,31,33,55H,4-6,8-9,11-15,17-18,20-24,26-27,29-30,32,34-54H2,1-3H3/b10-7-,19-16-,28-25-,33-31-. The van der Waals surface area contributed by atoms with Crippen LogP contribution < -0.4 is 0 Å². The van der Waals surface area contributed by atoms with Gasteiger partial charge in [0.1, 0.15) is 13.2 Å². The lowest BCUT2D eigenvalue weighted by Gasteiger charge is -2.18. The molecular weight excluding hydrogens is 793 g/mol. The Balaban J connectivity index is 4.39. The number of esters is 3. The van der Waals surface area contributed by atoms with Crippen LogP contribution in [0.2, 0.25) is 0 Å². The van der Waals surface area contributed by atoms with Crippen molar-refractivity contribution in [1.29, 1.82) is 0 Å². The van der Waals surface area contributed by atoms with Gasteiger partial charge in [-0.1, -0.05) is 256 Å². The topological polar surface area (TPSA) is 78.9 Å². The summed E-state index contributed by atoms with van der Waals surface area (Å²) in [7, 11) is 0. The maximum atomic E-state index is 12.8. The van der Waals surface area contributed by atoms with Crippen molar-refractivity contribution in [2.45, 2.75) is 290 Å². The molecule has 0 rings (SSSR count). The summed E-state index contributed by atoms with van der Waals surface area (Å²) < 4.78 is 16.8. The van der Waals surface area contributed by atoms with Crippen molar-refractivity contribution < 1.29 is 28.6 Å². The van der Waals surface area contributed by atoms with Crippen LogP contribution in [0.5, 0.6) is 0 Å². The van der Waals surface area contributed by atoms with E-state index >= 15 is 0 Å². The molecule has 0 radical (unpaired) electrons. The number of ether oxygens (including phenoxy) is 3. The minimum absolute atomic E-state index is 0.0768. The monoisotopic (exact) mass is 897 g/mol. The maximum Gasteiger partial charge on any atom is 0.306 e. The van der Waals surface area contributed by atoms with Gasteiger partial charge in [0.25, 0.3) is 0 Å². The molecule has 0 N–H and O–H groups in total. The van der Waals surface area contributed by atoms with Crippen molar-refractivity contribution in [3.8, 4) is 0 Å². The molecule has 0 spiro atoms. The van der Waals surface area contributed by atoms with Crippen molar-refractivity contribution in [3.63, 3.8) is 0 Å². The summed E-state index contributed by atoms with van der Waals surface area (Å²) in [4.78, 5) is 38.1. The normalized spacial score (nSPS) is 12.4. The molecule has 0 bridgehead atoms. The van der Waals surface area contributed by atoms with Gasteiger partial charge < -0.3 is 14.2 Å². The molecule has 0 saturated heterocycles. The first kappa shape index (κ1) is 61.4. The third-order valence-electron chi connectivity index (χ3n) is 12.1. The van der Waals surface area contributed by atoms with E-state index in [2.05, 4.69) is 69.4 Å². The molecule has 64 heavy (non-hydrogen) atoms. The largest absolute Gasteiger partial charge is 0.462 e. The Bertz CT molecular complexity index is 1120. The minimum atomic E-state index is -0.779. The number of hydrogen-bond donors (Lipinski definition) is 0. The summed E-state index contributed by atoms with van der Waals surface area (Å²) in [5.41, 5.74) is 0. The number of carbonyl (C=O) groups excluding carboxylic acids is 3. The third kappa shape index (κ3) is 50.4. The molecule has 0 aromatic heterocycles. The van der Waals surface area contributed by atoms with E-state index in [1.165, 1.54) is 148 Å². The highest BCUT2D eigenvalue weighted by molar-refractivity contribution is 5.71. The minimum Gasteiger partial charge on any atom is -0.462 e. The number of hydrogen-bond acceptors (Lipinski definition) is 6. The Morgan fingerprint density at radius 3 is 0.953 bits per heavy atom. The van der Waals surface area contributed by atoms with Crippen LogP contribution in [0, 0.1) is 0 Å². The molecule has 0 amide bonds. The van der Waals surface area contributed by atoms with Gasteiger partial charge in [0.15, 0.2) is 6.10 Å². The first-order valence-corrected chi connectivity index (χ1v) is 27.6. The molecule has 6 heteroatoms. The van der Waals surface area contributed by atoms with Crippen LogP contribution in [-0.4, -0.2) is 37.2 Å². The third-order valence-corrected chi connectivity index (χ3v) is 12.1. The quantitative estimate of drug-likeness (QED) is 0.0262. The van der Waals surface area contributed by atoms with Gasteiger partial charge in [0.2, 0.25) is 0 Å². The molecule has 0 fully saturated rings. The smallest absolute Gasteiger partial charge is 0.306 e. The van der Waals surface area contributed by atoms with E-state index in [-0.39, 0.29) is 31.1 Å². The number of rotatable bonds is 50. The Hall–Kier alpha value is -2.63. The van der Waals surface area contributed by atoms with Gasteiger partial charge in [-0.05, 0) is 57.8 Å². The Labute approximate surface area is 397 Å². The molecular formula is C58H104O6. The highest BCUT2D eigenvalue weighted by Gasteiger charge is 2.19. The summed E-state index contributed by atoms with van der Waals surface area (Å²) in [6.07, 6.45) is 63.8. The average molecular weight is 897 g/mol. The molecule has 0 saturated carbocycles. The fourth-order valence-electron chi connectivity index (χ4n) is 7.96. The zero-order valence-corrected chi connectivity index (χ0v) is 42.6. The second-order valence-corrected chi connectivity index (χ2v) is 18.5. The van der Waals surface area contributed by atoms with Gasteiger partial charge in [-0.25, -0.2) is 0 Å². The molecule has 372 valence electrons. The van der Waals surface area contributed by atoms with Gasteiger partial charge in [-0.15, -0.1) is 0 Å². The van der Waals surface area contributed by atoms with E-state index in [1.807, 2.05) is 0 Å². The van der Waals surface area contributed by atoms with E-state index in [9.17, 15) is 14.4 Å². The zero-order chi connectivity index (χ0) is 46.5. The summed E-state index contributed by atoms with van der Waals surface area (Å²) in [5.74, 6) is -0.887. The lowest BCUT2D eigenvalue weighted by atomic mass is 10.0. The Kier molecular flexibility index (Phi) is 50.8. The Morgan fingerprint density at radius 2 is 0.609 bits per heavy atom. The number of unbranched alkanes of at least 4 members (excludes halogenated alkanes) is 31. The molecule has 1 unspecified atom stereocenters. The fraction of sp³-hybridized carbons (Fsp3) is 0.810. The van der Waals surface area contributed by atoms with Crippen molar-refractivity contribution in [1.82, 2.24) is 0 Å². The van der Waals surface area contributed by atoms with Crippen molar-refractivity contribution in [2.24, 2.45) is 0 Å². The first-order valence-electron chi connectivity index (χ1n) is 27.6. The lowest BCUT2D eigenvalue weighted by molar-refractivity contribution is -0.167. The molecule has 0 heterocycles. The first-order chi connectivity index (χ1) is 31.5. The predicted octanol–water partition coefficient (Wildman–Crippen LogP) is 18.3. The maximum absolute atomic E-state index is 12.8. The van der Waals surface area contributed by atoms with Gasteiger partial charge in [-0.3, -0.25) is 14.4 Å². The van der Waals surface area contributed by atoms with Gasteiger partial charge in [0.05, 0.1) is 0 Å². The van der Waals surface area contributed by atoms with Gasteiger partial charge in [0, 0.05) is 19.3 Å². The SMILES string of the molecule is CC/C=C\C/C=C\C/C=C\C/C=C\CCCCCCC(=O)OCC(COC(=O)CCCCCCCCCCCCCCCC)OC(=O)CCCCCCCCCCCCCCCCC. The lowest BCUT2D eigenvalue weighted by Crippen LogP contribution is -2.30. The zero-order valence-electron chi connectivity index (χ0n) is 42.6. The molecule has 0 aromatic carbocycles. The molecule has 1 atom stereocenters. The number of carbonyl (C=O) groups is 3.